The maximum absolute atomic E-state index is 13.1. The molecule has 0 spiro atoms. The molecule has 0 aromatic heterocycles. The third-order valence-electron chi connectivity index (χ3n) is 2.96. The van der Waals surface area contributed by atoms with Gasteiger partial charge in [-0.15, -0.1) is 11.6 Å². The van der Waals surface area contributed by atoms with E-state index in [-0.39, 0.29) is 11.9 Å². The Morgan fingerprint density at radius 2 is 2.33 bits per heavy atom. The van der Waals surface area contributed by atoms with E-state index >= 15 is 0 Å². The highest BCUT2D eigenvalue weighted by Gasteiger charge is 2.30. The Balaban J connectivity index is 2.31. The molecule has 0 N–H and O–H groups in total. The molecule has 1 aliphatic heterocycles. The first kappa shape index (κ1) is 10.9. The maximum Gasteiger partial charge on any atom is 0.123 e. The minimum Gasteiger partial charge on any atom is -0.373 e. The predicted octanol–water partition coefficient (Wildman–Crippen LogP) is 3.45. The van der Waals surface area contributed by atoms with Gasteiger partial charge in [0.15, 0.2) is 0 Å². The fourth-order valence-electron chi connectivity index (χ4n) is 2.05. The zero-order valence-corrected chi connectivity index (χ0v) is 9.43. The van der Waals surface area contributed by atoms with E-state index in [0.717, 1.165) is 24.2 Å². The number of halogens is 2. The van der Waals surface area contributed by atoms with Crippen molar-refractivity contribution >= 4 is 11.6 Å². The van der Waals surface area contributed by atoms with E-state index in [1.54, 1.807) is 12.1 Å². The number of rotatable bonds is 2. The fourth-order valence-corrected chi connectivity index (χ4v) is 2.37. The van der Waals surface area contributed by atoms with Crippen molar-refractivity contribution in [1.82, 2.24) is 0 Å². The topological polar surface area (TPSA) is 9.23 Å². The molecule has 1 aromatic carbocycles. The Morgan fingerprint density at radius 1 is 1.53 bits per heavy atom. The molecule has 2 rings (SSSR count). The summed E-state index contributed by atoms with van der Waals surface area (Å²) < 4.78 is 18.8. The van der Waals surface area contributed by atoms with Crippen LogP contribution in [0.15, 0.2) is 18.2 Å². The second-order valence-electron chi connectivity index (χ2n) is 4.00. The van der Waals surface area contributed by atoms with Crippen molar-refractivity contribution in [3.8, 4) is 0 Å². The maximum atomic E-state index is 13.1. The standard InChI is InChI=1S/C12H14ClFO/c1-8-2-3-10(14)6-11(8)12-9(7-13)4-5-15-12/h2-3,6,9,12H,4-5,7H2,1H3. The van der Waals surface area contributed by atoms with Crippen LogP contribution >= 0.6 is 11.6 Å². The van der Waals surface area contributed by atoms with Gasteiger partial charge < -0.3 is 4.74 Å². The molecule has 15 heavy (non-hydrogen) atoms. The van der Waals surface area contributed by atoms with Crippen molar-refractivity contribution in [2.24, 2.45) is 5.92 Å². The van der Waals surface area contributed by atoms with Crippen molar-refractivity contribution in [3.63, 3.8) is 0 Å². The summed E-state index contributed by atoms with van der Waals surface area (Å²) in [5.41, 5.74) is 2.01. The highest BCUT2D eigenvalue weighted by molar-refractivity contribution is 6.18. The summed E-state index contributed by atoms with van der Waals surface area (Å²) in [6.45, 7) is 2.69. The molecule has 1 nitrogen and oxygen atoms in total. The predicted molar refractivity (Wildman–Crippen MR) is 58.7 cm³/mol. The van der Waals surface area contributed by atoms with Gasteiger partial charge in [0.2, 0.25) is 0 Å². The number of benzene rings is 1. The minimum atomic E-state index is -0.209. The molecule has 0 radical (unpaired) electrons. The van der Waals surface area contributed by atoms with Gasteiger partial charge in [-0.05, 0) is 36.6 Å². The van der Waals surface area contributed by atoms with E-state index in [1.165, 1.54) is 6.07 Å². The summed E-state index contributed by atoms with van der Waals surface area (Å²) in [4.78, 5) is 0. The van der Waals surface area contributed by atoms with Gasteiger partial charge in [-0.3, -0.25) is 0 Å². The lowest BCUT2D eigenvalue weighted by Gasteiger charge is -2.18. The van der Waals surface area contributed by atoms with E-state index in [0.29, 0.717) is 11.8 Å². The number of hydrogen-bond donors (Lipinski definition) is 0. The van der Waals surface area contributed by atoms with Gasteiger partial charge in [0.05, 0.1) is 6.10 Å². The number of hydrogen-bond acceptors (Lipinski definition) is 1. The van der Waals surface area contributed by atoms with Crippen molar-refractivity contribution in [2.75, 3.05) is 12.5 Å². The first-order valence-corrected chi connectivity index (χ1v) is 5.69. The third-order valence-corrected chi connectivity index (χ3v) is 3.36. The van der Waals surface area contributed by atoms with Crippen LogP contribution in [0.3, 0.4) is 0 Å². The van der Waals surface area contributed by atoms with E-state index in [4.69, 9.17) is 16.3 Å². The molecule has 3 heteroatoms. The van der Waals surface area contributed by atoms with Gasteiger partial charge >= 0.3 is 0 Å². The van der Waals surface area contributed by atoms with E-state index in [1.807, 2.05) is 6.92 Å². The van der Waals surface area contributed by atoms with Crippen LogP contribution in [0.25, 0.3) is 0 Å². The van der Waals surface area contributed by atoms with Crippen LogP contribution < -0.4 is 0 Å². The molecule has 1 aliphatic rings. The largest absolute Gasteiger partial charge is 0.373 e. The van der Waals surface area contributed by atoms with Crippen LogP contribution in [0.2, 0.25) is 0 Å². The van der Waals surface area contributed by atoms with E-state index in [9.17, 15) is 4.39 Å². The Bertz CT molecular complexity index is 353. The highest BCUT2D eigenvalue weighted by Crippen LogP contribution is 2.36. The first-order chi connectivity index (χ1) is 7.22. The first-order valence-electron chi connectivity index (χ1n) is 5.16. The Hall–Kier alpha value is -0.600. The summed E-state index contributed by atoms with van der Waals surface area (Å²) in [5, 5.41) is 0. The van der Waals surface area contributed by atoms with E-state index < -0.39 is 0 Å². The lowest BCUT2D eigenvalue weighted by Crippen LogP contribution is -2.10. The summed E-state index contributed by atoms with van der Waals surface area (Å²) in [6, 6.07) is 4.83. The summed E-state index contributed by atoms with van der Waals surface area (Å²) >= 11 is 5.87. The van der Waals surface area contributed by atoms with Crippen LogP contribution in [0, 0.1) is 18.7 Å². The zero-order valence-electron chi connectivity index (χ0n) is 8.67. The third kappa shape index (κ3) is 2.16. The molecule has 0 saturated carbocycles. The number of aryl methyl sites for hydroxylation is 1. The van der Waals surface area contributed by atoms with Gasteiger partial charge in [0.25, 0.3) is 0 Å². The summed E-state index contributed by atoms with van der Waals surface area (Å²) in [6.07, 6.45) is 0.933. The quantitative estimate of drug-likeness (QED) is 0.705. The Kier molecular flexibility index (Phi) is 3.27. The van der Waals surface area contributed by atoms with Crippen LogP contribution in [-0.2, 0) is 4.74 Å². The number of alkyl halides is 1. The van der Waals surface area contributed by atoms with Crippen molar-refractivity contribution < 1.29 is 9.13 Å². The normalized spacial score (nSPS) is 25.8. The van der Waals surface area contributed by atoms with Crippen molar-refractivity contribution in [3.05, 3.63) is 35.1 Å². The lowest BCUT2D eigenvalue weighted by atomic mass is 9.94. The van der Waals surface area contributed by atoms with Gasteiger partial charge in [-0.2, -0.15) is 0 Å². The minimum absolute atomic E-state index is 0.0294. The fraction of sp³-hybridized carbons (Fsp3) is 0.500. The Labute approximate surface area is 94.2 Å². The highest BCUT2D eigenvalue weighted by atomic mass is 35.5. The number of ether oxygens (including phenoxy) is 1. The van der Waals surface area contributed by atoms with Gasteiger partial charge in [-0.1, -0.05) is 6.07 Å². The molecule has 82 valence electrons. The second-order valence-corrected chi connectivity index (χ2v) is 4.30. The molecule has 0 aliphatic carbocycles. The molecular weight excluding hydrogens is 215 g/mol. The SMILES string of the molecule is Cc1ccc(F)cc1C1OCCC1CCl. The molecule has 1 heterocycles. The summed E-state index contributed by atoms with van der Waals surface area (Å²) in [7, 11) is 0. The van der Waals surface area contributed by atoms with Crippen LogP contribution in [0.4, 0.5) is 4.39 Å². The molecule has 1 fully saturated rings. The molecule has 1 saturated heterocycles. The molecule has 1 aromatic rings. The van der Waals surface area contributed by atoms with Crippen LogP contribution in [-0.4, -0.2) is 12.5 Å². The molecule has 0 bridgehead atoms. The van der Waals surface area contributed by atoms with Gasteiger partial charge in [0.1, 0.15) is 5.82 Å². The van der Waals surface area contributed by atoms with Crippen LogP contribution in [0.1, 0.15) is 23.7 Å². The average molecular weight is 229 g/mol. The monoisotopic (exact) mass is 228 g/mol. The molecule has 2 atom stereocenters. The van der Waals surface area contributed by atoms with Gasteiger partial charge in [0, 0.05) is 18.4 Å². The lowest BCUT2D eigenvalue weighted by molar-refractivity contribution is 0.0944. The van der Waals surface area contributed by atoms with Crippen molar-refractivity contribution in [2.45, 2.75) is 19.4 Å². The Morgan fingerprint density at radius 3 is 3.07 bits per heavy atom. The van der Waals surface area contributed by atoms with E-state index in [2.05, 4.69) is 0 Å². The summed E-state index contributed by atoms with van der Waals surface area (Å²) in [5.74, 6) is 0.673. The zero-order chi connectivity index (χ0) is 10.8. The van der Waals surface area contributed by atoms with Gasteiger partial charge in [-0.25, -0.2) is 4.39 Å². The average Bonchev–Trinajstić information content (AvgIpc) is 2.69. The molecule has 2 unspecified atom stereocenters. The molecule has 0 amide bonds. The van der Waals surface area contributed by atoms with Crippen molar-refractivity contribution in [1.29, 1.82) is 0 Å². The molecular formula is C12H14ClFO. The van der Waals surface area contributed by atoms with Crippen LogP contribution in [0.5, 0.6) is 0 Å². The second kappa shape index (κ2) is 4.50. The smallest absolute Gasteiger partial charge is 0.123 e.